The molecule has 8 nitrogen and oxygen atoms in total. The number of hydrogen-bond acceptors (Lipinski definition) is 5. The Morgan fingerprint density at radius 3 is 2.39 bits per heavy atom. The predicted octanol–water partition coefficient (Wildman–Crippen LogP) is -1.43. The number of ketones is 1. The number of carbonyl (C=O) groups excluding carboxylic acids is 3. The number of amides is 1. The number of H-pyrrole nitrogens is 2. The second-order valence-corrected chi connectivity index (χ2v) is 10.8. The molecule has 1 aliphatic carbocycles. The standard InChI is InChI=1S/C32H35N4O4.2Co.2Na/c1-7-19-16(4)23(12-26-20(8-2)17(5)32(40)36-26)34-25(19)13-24-18(6)29-27(37)11-22(31(29)35-24)30-21(9-10-28(38)39)15(3)14-33-30;;;;/h8,12-14,22,26,34-35H,2,7,9-11H2,1,3-6H3,(H,36,40)(H,38,39);;;;/q-1;;;;+1/p-1/b23-12+,25-13+;;;;. The Kier molecular flexibility index (Phi) is 15.3. The first-order valence-corrected chi connectivity index (χ1v) is 13.7. The van der Waals surface area contributed by atoms with Crippen molar-refractivity contribution in [2.24, 2.45) is 0 Å². The van der Waals surface area contributed by atoms with Gasteiger partial charge in [0, 0.05) is 109 Å². The fourth-order valence-corrected chi connectivity index (χ4v) is 6.24. The minimum atomic E-state index is -1.10. The van der Waals surface area contributed by atoms with Crippen molar-refractivity contribution in [2.45, 2.75) is 72.3 Å². The molecule has 3 radical (unpaired) electrons. The maximum Gasteiger partial charge on any atom is 1.00 e. The third kappa shape index (κ3) is 7.46. The van der Waals surface area contributed by atoms with Crippen molar-refractivity contribution in [1.29, 1.82) is 0 Å². The number of aryl methyl sites for hydroxylation is 1. The summed E-state index contributed by atoms with van der Waals surface area (Å²) in [6.45, 7) is 13.7. The second kappa shape index (κ2) is 16.5. The zero-order valence-corrected chi connectivity index (χ0v) is 32.3. The van der Waals surface area contributed by atoms with E-state index in [0.717, 1.165) is 67.6 Å². The van der Waals surface area contributed by atoms with Gasteiger partial charge in [0.2, 0.25) is 5.91 Å². The Labute approximate surface area is 322 Å². The van der Waals surface area contributed by atoms with E-state index in [2.05, 4.69) is 40.7 Å². The topological polar surface area (TPSA) is 131 Å². The van der Waals surface area contributed by atoms with Crippen LogP contribution >= 0.6 is 0 Å². The van der Waals surface area contributed by atoms with Gasteiger partial charge in [-0.25, -0.2) is 0 Å². The predicted molar refractivity (Wildman–Crippen MR) is 157 cm³/mol. The summed E-state index contributed by atoms with van der Waals surface area (Å²) in [7, 11) is 0. The molecular weight excluding hydrogens is 668 g/mol. The quantitative estimate of drug-likeness (QED) is 0.196. The first-order valence-electron chi connectivity index (χ1n) is 13.7. The molecule has 2 aliphatic rings. The summed E-state index contributed by atoms with van der Waals surface area (Å²) in [5.74, 6) is -1.37. The molecule has 3 aromatic rings. The number of aromatic nitrogens is 3. The smallest absolute Gasteiger partial charge is 0.550 e. The molecule has 2 atom stereocenters. The first-order chi connectivity index (χ1) is 19.0. The summed E-state index contributed by atoms with van der Waals surface area (Å²) in [4.78, 5) is 48.2. The maximum absolute atomic E-state index is 13.2. The van der Waals surface area contributed by atoms with E-state index >= 15 is 0 Å². The van der Waals surface area contributed by atoms with Crippen LogP contribution in [0.15, 0.2) is 30.0 Å². The summed E-state index contributed by atoms with van der Waals surface area (Å²) in [5, 5.41) is 16.0. The van der Waals surface area contributed by atoms with E-state index < -0.39 is 5.97 Å². The van der Waals surface area contributed by atoms with Gasteiger partial charge in [-0.2, -0.15) is 5.56 Å². The van der Waals surface area contributed by atoms with Gasteiger partial charge in [-0.05, 0) is 73.9 Å². The number of Topliss-reactive ketones (excluding diaryl/α,β-unsaturated/α-hetero) is 1. The van der Waals surface area contributed by atoms with Crippen LogP contribution < -0.4 is 50.7 Å². The molecule has 3 N–H and O–H groups in total. The number of aromatic amines is 2. The van der Waals surface area contributed by atoms with Crippen molar-refractivity contribution in [3.63, 3.8) is 0 Å². The summed E-state index contributed by atoms with van der Waals surface area (Å²) in [6, 6.07) is -0.249. The van der Waals surface area contributed by atoms with Gasteiger partial charge < -0.3 is 30.2 Å². The minimum absolute atomic E-state index is 0. The number of aliphatic carboxylic acids is 1. The molecule has 5 rings (SSSR count). The number of hydrogen-bond donors (Lipinski definition) is 3. The SMILES string of the molecule is C=CC1=C(C)C(=O)NC1/C=c1/[nH]/c(=C/c2[nH]c3c(c2C)C(=O)CC3c2n[cH-]c(C)c2CCC(=O)[O-])c(CC)c1C.[Co].[Co].[Na+].[Na]. The van der Waals surface area contributed by atoms with Crippen LogP contribution in [0.3, 0.4) is 0 Å². The molecule has 4 heterocycles. The van der Waals surface area contributed by atoms with Crippen molar-refractivity contribution < 1.29 is 82.6 Å². The van der Waals surface area contributed by atoms with Gasteiger partial charge in [-0.15, -0.1) is 11.3 Å². The number of fused-ring (bicyclic) bond motifs is 1. The Hall–Kier alpha value is -1.32. The van der Waals surface area contributed by atoms with E-state index in [-0.39, 0.29) is 123 Å². The van der Waals surface area contributed by atoms with Crippen LogP contribution in [0.5, 0.6) is 0 Å². The van der Waals surface area contributed by atoms with E-state index in [1.165, 1.54) is 0 Å². The fraction of sp³-hybridized carbons (Fsp3) is 0.344. The van der Waals surface area contributed by atoms with Gasteiger partial charge >= 0.3 is 29.6 Å². The van der Waals surface area contributed by atoms with E-state index in [1.807, 2.05) is 26.0 Å². The molecule has 3 aromatic heterocycles. The van der Waals surface area contributed by atoms with E-state index in [1.54, 1.807) is 19.2 Å². The van der Waals surface area contributed by atoms with Crippen LogP contribution in [0.4, 0.5) is 0 Å². The Balaban J connectivity index is 0.00000242. The van der Waals surface area contributed by atoms with Crippen LogP contribution in [0.25, 0.3) is 12.2 Å². The van der Waals surface area contributed by atoms with Gasteiger partial charge in [0.15, 0.2) is 5.78 Å². The van der Waals surface area contributed by atoms with Crippen molar-refractivity contribution in [3.8, 4) is 0 Å². The summed E-state index contributed by atoms with van der Waals surface area (Å²) >= 11 is 0. The normalized spacial score (nSPS) is 17.8. The molecule has 227 valence electrons. The Morgan fingerprint density at radius 2 is 1.77 bits per heavy atom. The maximum atomic E-state index is 13.2. The van der Waals surface area contributed by atoms with E-state index in [0.29, 0.717) is 24.0 Å². The van der Waals surface area contributed by atoms with Crippen molar-refractivity contribution in [2.75, 3.05) is 0 Å². The summed E-state index contributed by atoms with van der Waals surface area (Å²) < 4.78 is 0. The molecule has 0 spiro atoms. The molecular formula is C32H34Co2N4Na2O4-. The number of carboxylic acid groups (broad SMARTS) is 1. The molecule has 1 aliphatic heterocycles. The van der Waals surface area contributed by atoms with Crippen LogP contribution in [-0.4, -0.2) is 68.2 Å². The fourth-order valence-electron chi connectivity index (χ4n) is 6.24. The van der Waals surface area contributed by atoms with Gasteiger partial charge in [0.05, 0.1) is 6.04 Å². The van der Waals surface area contributed by atoms with Crippen molar-refractivity contribution in [3.05, 3.63) is 91.2 Å². The molecule has 2 unspecified atom stereocenters. The molecule has 0 aromatic carbocycles. The van der Waals surface area contributed by atoms with E-state index in [9.17, 15) is 19.5 Å². The third-order valence-electron chi connectivity index (χ3n) is 8.47. The van der Waals surface area contributed by atoms with Gasteiger partial charge in [0.25, 0.3) is 0 Å². The largest absolute Gasteiger partial charge is 1.00 e. The molecule has 12 heteroatoms. The minimum Gasteiger partial charge on any atom is -0.550 e. The van der Waals surface area contributed by atoms with Gasteiger partial charge in [0.1, 0.15) is 0 Å². The Morgan fingerprint density at radius 1 is 1.09 bits per heavy atom. The monoisotopic (exact) mass is 702 g/mol. The van der Waals surface area contributed by atoms with E-state index in [4.69, 9.17) is 0 Å². The average molecular weight is 702 g/mol. The molecule has 0 bridgehead atoms. The molecule has 44 heavy (non-hydrogen) atoms. The molecule has 1 amide bonds. The number of nitrogens with one attached hydrogen (secondary N) is 3. The average Bonchev–Trinajstić information content (AvgIpc) is 3.66. The summed E-state index contributed by atoms with van der Waals surface area (Å²) in [5.41, 5.74) is 9.65. The zero-order valence-electron chi connectivity index (χ0n) is 26.2. The van der Waals surface area contributed by atoms with Crippen LogP contribution in [0.1, 0.15) is 87.9 Å². The molecule has 0 fully saturated rings. The summed E-state index contributed by atoms with van der Waals surface area (Å²) in [6.07, 6.45) is 8.90. The number of nitrogens with zero attached hydrogens (tertiary/aromatic N) is 1. The first kappa shape index (κ1) is 40.7. The van der Waals surface area contributed by atoms with Crippen LogP contribution in [0, 0.1) is 20.8 Å². The van der Waals surface area contributed by atoms with Crippen molar-refractivity contribution in [1.82, 2.24) is 20.3 Å². The molecule has 0 saturated carbocycles. The van der Waals surface area contributed by atoms with Gasteiger partial charge in [-0.1, -0.05) is 39.1 Å². The van der Waals surface area contributed by atoms with Crippen molar-refractivity contribution >= 4 is 59.4 Å². The van der Waals surface area contributed by atoms with Gasteiger partial charge in [-0.3, -0.25) is 9.59 Å². The number of carboxylic acids is 1. The van der Waals surface area contributed by atoms with Crippen LogP contribution in [0.2, 0.25) is 0 Å². The second-order valence-electron chi connectivity index (χ2n) is 10.8. The Bertz CT molecular complexity index is 1750. The zero-order chi connectivity index (χ0) is 28.9. The number of rotatable bonds is 8. The third-order valence-corrected chi connectivity index (χ3v) is 8.47. The number of carbonyl (C=O) groups is 3. The molecule has 0 saturated heterocycles. The van der Waals surface area contributed by atoms with Crippen LogP contribution in [-0.2, 0) is 56.0 Å².